The third-order valence-corrected chi connectivity index (χ3v) is 10.8. The maximum Gasteiger partial charge on any atom is 0.178 e. The quantitative estimate of drug-likeness (QED) is 0.191. The molecule has 1 aliphatic heterocycles. The van der Waals surface area contributed by atoms with E-state index in [1.54, 1.807) is 12.4 Å². The van der Waals surface area contributed by atoms with E-state index >= 15 is 0 Å². The van der Waals surface area contributed by atoms with Crippen LogP contribution in [0.3, 0.4) is 0 Å². The third-order valence-electron chi connectivity index (χ3n) is 10.8. The molecule has 6 aromatic carbocycles. The standard InChI is InChI=1S/C50H32N6/c1-2-7-31(8-3-1)42-24-19-34-13-14-35-20-25-44(56-49(35)48(34)55-42)41-22-21-38(39-9-4-5-10-40(39)41)36-15-11-32-17-23-43(53-46(32)29-36)37-16-12-33-18-26-45(54-47(33)30-37)50-51-27-6-28-52-50/h1-30,42,55H. The van der Waals surface area contributed by atoms with Crippen LogP contribution in [0.5, 0.6) is 0 Å². The average Bonchev–Trinajstić information content (AvgIpc) is 3.28. The zero-order valence-corrected chi connectivity index (χ0v) is 30.1. The van der Waals surface area contributed by atoms with Crippen LogP contribution in [0.1, 0.15) is 17.2 Å². The van der Waals surface area contributed by atoms with Gasteiger partial charge in [0.1, 0.15) is 5.69 Å². The molecule has 1 atom stereocenters. The van der Waals surface area contributed by atoms with Gasteiger partial charge in [-0.1, -0.05) is 133 Å². The lowest BCUT2D eigenvalue weighted by Gasteiger charge is -2.24. The highest BCUT2D eigenvalue weighted by Crippen LogP contribution is 2.39. The van der Waals surface area contributed by atoms with Gasteiger partial charge in [0.05, 0.1) is 39.7 Å². The average molecular weight is 717 g/mol. The summed E-state index contributed by atoms with van der Waals surface area (Å²) in [5, 5.41) is 9.35. The molecule has 11 rings (SSSR count). The summed E-state index contributed by atoms with van der Waals surface area (Å²) in [6.45, 7) is 0. The molecule has 6 nitrogen and oxygen atoms in total. The number of nitrogens with one attached hydrogen (secondary N) is 1. The highest BCUT2D eigenvalue weighted by Gasteiger charge is 2.19. The molecule has 1 N–H and O–H groups in total. The van der Waals surface area contributed by atoms with Crippen LogP contribution in [0, 0.1) is 0 Å². The van der Waals surface area contributed by atoms with Gasteiger partial charge in [0.15, 0.2) is 5.82 Å². The number of aromatic nitrogens is 5. The van der Waals surface area contributed by atoms with Crippen LogP contribution in [0.25, 0.3) is 94.7 Å². The Hall–Kier alpha value is -7.57. The fraction of sp³-hybridized carbons (Fsp3) is 0.0200. The van der Waals surface area contributed by atoms with E-state index in [4.69, 9.17) is 15.0 Å². The van der Waals surface area contributed by atoms with Crippen molar-refractivity contribution in [2.75, 3.05) is 5.32 Å². The Balaban J connectivity index is 0.964. The van der Waals surface area contributed by atoms with E-state index in [-0.39, 0.29) is 6.04 Å². The number of anilines is 1. The smallest absolute Gasteiger partial charge is 0.178 e. The third kappa shape index (κ3) is 5.55. The van der Waals surface area contributed by atoms with Crippen molar-refractivity contribution < 1.29 is 0 Å². The van der Waals surface area contributed by atoms with E-state index in [2.05, 4.69) is 173 Å². The van der Waals surface area contributed by atoms with Gasteiger partial charge < -0.3 is 5.32 Å². The molecule has 6 heteroatoms. The molecule has 1 aliphatic rings. The molecule has 0 saturated carbocycles. The van der Waals surface area contributed by atoms with Crippen molar-refractivity contribution in [2.45, 2.75) is 6.04 Å². The van der Waals surface area contributed by atoms with Crippen molar-refractivity contribution in [3.05, 3.63) is 187 Å². The van der Waals surface area contributed by atoms with Gasteiger partial charge in [0.25, 0.3) is 0 Å². The molecule has 1 unspecified atom stereocenters. The summed E-state index contributed by atoms with van der Waals surface area (Å²) in [5.41, 5.74) is 13.2. The molecule has 0 bridgehead atoms. The Morgan fingerprint density at radius 1 is 0.464 bits per heavy atom. The largest absolute Gasteiger partial charge is 0.372 e. The number of hydrogen-bond donors (Lipinski definition) is 1. The molecule has 0 aliphatic carbocycles. The lowest BCUT2D eigenvalue weighted by Crippen LogP contribution is -2.12. The van der Waals surface area contributed by atoms with Crippen LogP contribution < -0.4 is 5.32 Å². The van der Waals surface area contributed by atoms with Crippen LogP contribution in [-0.4, -0.2) is 24.9 Å². The summed E-state index contributed by atoms with van der Waals surface area (Å²) in [6, 6.07) is 55.3. The number of pyridine rings is 3. The predicted molar refractivity (Wildman–Crippen MR) is 229 cm³/mol. The van der Waals surface area contributed by atoms with Crippen molar-refractivity contribution in [2.24, 2.45) is 0 Å². The Kier molecular flexibility index (Phi) is 7.45. The highest BCUT2D eigenvalue weighted by molar-refractivity contribution is 6.06. The fourth-order valence-electron chi connectivity index (χ4n) is 7.96. The Morgan fingerprint density at radius 3 is 1.91 bits per heavy atom. The maximum atomic E-state index is 5.34. The van der Waals surface area contributed by atoms with E-state index in [1.807, 2.05) is 12.1 Å². The zero-order chi connectivity index (χ0) is 37.0. The number of rotatable bonds is 5. The van der Waals surface area contributed by atoms with E-state index in [9.17, 15) is 0 Å². The van der Waals surface area contributed by atoms with Crippen LogP contribution in [0.4, 0.5) is 5.69 Å². The van der Waals surface area contributed by atoms with Gasteiger partial charge in [0.2, 0.25) is 0 Å². The van der Waals surface area contributed by atoms with Crippen molar-refractivity contribution in [3.63, 3.8) is 0 Å². The molecule has 0 saturated heterocycles. The molecule has 0 radical (unpaired) electrons. The second-order valence-electron chi connectivity index (χ2n) is 14.2. The topological polar surface area (TPSA) is 76.5 Å². The summed E-state index contributed by atoms with van der Waals surface area (Å²) < 4.78 is 0. The van der Waals surface area contributed by atoms with Crippen molar-refractivity contribution in [1.82, 2.24) is 24.9 Å². The Labute approximate surface area is 322 Å². The van der Waals surface area contributed by atoms with E-state index in [0.29, 0.717) is 5.82 Å². The molecule has 0 spiro atoms. The van der Waals surface area contributed by atoms with Gasteiger partial charge in [-0.05, 0) is 69.4 Å². The van der Waals surface area contributed by atoms with Gasteiger partial charge in [-0.3, -0.25) is 0 Å². The Morgan fingerprint density at radius 2 is 1.09 bits per heavy atom. The second-order valence-corrected chi connectivity index (χ2v) is 14.2. The van der Waals surface area contributed by atoms with E-state index < -0.39 is 0 Å². The summed E-state index contributed by atoms with van der Waals surface area (Å²) in [6.07, 6.45) is 7.90. The van der Waals surface area contributed by atoms with Crippen molar-refractivity contribution in [3.8, 4) is 45.2 Å². The summed E-state index contributed by atoms with van der Waals surface area (Å²) in [4.78, 5) is 24.2. The lowest BCUT2D eigenvalue weighted by molar-refractivity contribution is 0.981. The molecule has 5 heterocycles. The van der Waals surface area contributed by atoms with Gasteiger partial charge in [-0.25, -0.2) is 24.9 Å². The van der Waals surface area contributed by atoms with Crippen molar-refractivity contribution >= 4 is 55.2 Å². The molecule has 0 fully saturated rings. The van der Waals surface area contributed by atoms with Gasteiger partial charge in [-0.15, -0.1) is 0 Å². The van der Waals surface area contributed by atoms with Crippen molar-refractivity contribution in [1.29, 1.82) is 0 Å². The van der Waals surface area contributed by atoms with Crippen LogP contribution in [-0.2, 0) is 0 Å². The number of hydrogen-bond acceptors (Lipinski definition) is 6. The fourth-order valence-corrected chi connectivity index (χ4v) is 7.96. The predicted octanol–water partition coefficient (Wildman–Crippen LogP) is 12.1. The Bertz CT molecular complexity index is 3180. The van der Waals surface area contributed by atoms with E-state index in [1.165, 1.54) is 10.9 Å². The minimum atomic E-state index is 0.0839. The summed E-state index contributed by atoms with van der Waals surface area (Å²) in [5.74, 6) is 0.607. The number of fused-ring (bicyclic) bond motifs is 6. The number of nitrogens with zero attached hydrogens (tertiary/aromatic N) is 5. The maximum absolute atomic E-state index is 5.34. The molecule has 4 aromatic heterocycles. The second kappa shape index (κ2) is 13.1. The minimum absolute atomic E-state index is 0.0839. The van der Waals surface area contributed by atoms with Gasteiger partial charge in [0, 0.05) is 39.7 Å². The first kappa shape index (κ1) is 31.9. The molecule has 0 amide bonds. The van der Waals surface area contributed by atoms with E-state index in [0.717, 1.165) is 88.7 Å². The normalized spacial score (nSPS) is 13.6. The first-order valence-electron chi connectivity index (χ1n) is 18.8. The molecule has 56 heavy (non-hydrogen) atoms. The first-order valence-corrected chi connectivity index (χ1v) is 18.8. The SMILES string of the molecule is C1=CC(c2ccccc2)Nc2c1ccc1ccc(-c3ccc(-c4ccc5ccc(-c6ccc7ccc(-c8ncccn8)nc7c6)nc5c4)c4ccccc34)nc21. The number of benzene rings is 6. The first-order chi connectivity index (χ1) is 27.7. The van der Waals surface area contributed by atoms with Gasteiger partial charge in [-0.2, -0.15) is 0 Å². The molecular formula is C50H32N6. The van der Waals surface area contributed by atoms with Crippen LogP contribution in [0.2, 0.25) is 0 Å². The summed E-state index contributed by atoms with van der Waals surface area (Å²) in [7, 11) is 0. The molecule has 10 aromatic rings. The van der Waals surface area contributed by atoms with Crippen LogP contribution >= 0.6 is 0 Å². The molecular weight excluding hydrogens is 685 g/mol. The molecule has 262 valence electrons. The lowest BCUT2D eigenvalue weighted by atomic mass is 9.92. The van der Waals surface area contributed by atoms with Gasteiger partial charge >= 0.3 is 0 Å². The highest BCUT2D eigenvalue weighted by atomic mass is 14.9. The monoisotopic (exact) mass is 716 g/mol. The van der Waals surface area contributed by atoms with Crippen LogP contribution in [0.15, 0.2) is 176 Å². The zero-order valence-electron chi connectivity index (χ0n) is 30.1. The summed E-state index contributed by atoms with van der Waals surface area (Å²) >= 11 is 0. The minimum Gasteiger partial charge on any atom is -0.372 e.